The second-order valence-corrected chi connectivity index (χ2v) is 6.44. The van der Waals surface area contributed by atoms with E-state index in [-0.39, 0.29) is 39.4 Å². The number of carbonyl (C=O) groups is 3. The summed E-state index contributed by atoms with van der Waals surface area (Å²) < 4.78 is 40.0. The summed E-state index contributed by atoms with van der Waals surface area (Å²) in [5, 5.41) is -0.665. The summed E-state index contributed by atoms with van der Waals surface area (Å²) in [6, 6.07) is 0. The molecule has 2 saturated heterocycles. The van der Waals surface area contributed by atoms with Crippen molar-refractivity contribution >= 4 is 27.8 Å². The van der Waals surface area contributed by atoms with Crippen LogP contribution in [0.4, 0.5) is 0 Å². The van der Waals surface area contributed by atoms with Crippen molar-refractivity contribution in [3.63, 3.8) is 0 Å². The standard InChI is InChI=1S/C11H16N2O10S/c14-8-1-2-9(15)13(8)23-22-4-3-20-7-21-6-10(16)12-5-11(12)24(17,18)19/h11H,1-7H2,(H,17,18,19). The Kier molecular flexibility index (Phi) is 6.20. The summed E-state index contributed by atoms with van der Waals surface area (Å²) in [6.45, 7) is -0.824. The Bertz CT molecular complexity index is 590. The van der Waals surface area contributed by atoms with E-state index in [4.69, 9.17) is 14.0 Å². The number of amides is 3. The van der Waals surface area contributed by atoms with Crippen molar-refractivity contribution in [2.75, 3.05) is 33.2 Å². The van der Waals surface area contributed by atoms with Crippen LogP contribution in [0.1, 0.15) is 12.8 Å². The number of hydrogen-bond donors (Lipinski definition) is 1. The normalized spacial score (nSPS) is 20.8. The maximum Gasteiger partial charge on any atom is 0.288 e. The van der Waals surface area contributed by atoms with Gasteiger partial charge in [0.25, 0.3) is 21.9 Å². The lowest BCUT2D eigenvalue weighted by molar-refractivity contribution is -0.396. The topological polar surface area (TPSA) is 149 Å². The van der Waals surface area contributed by atoms with Gasteiger partial charge in [-0.05, 0) is 0 Å². The van der Waals surface area contributed by atoms with Gasteiger partial charge in [-0.1, -0.05) is 0 Å². The van der Waals surface area contributed by atoms with Gasteiger partial charge in [-0.25, -0.2) is 4.89 Å². The summed E-state index contributed by atoms with van der Waals surface area (Å²) in [6.07, 6.45) is 0.159. The van der Waals surface area contributed by atoms with Crippen LogP contribution in [0.15, 0.2) is 0 Å². The highest BCUT2D eigenvalue weighted by Gasteiger charge is 2.47. The molecule has 24 heavy (non-hydrogen) atoms. The first-order chi connectivity index (χ1) is 11.3. The highest BCUT2D eigenvalue weighted by Crippen LogP contribution is 2.22. The lowest BCUT2D eigenvalue weighted by Crippen LogP contribution is -2.30. The molecule has 0 radical (unpaired) electrons. The Labute approximate surface area is 136 Å². The molecule has 1 unspecified atom stereocenters. The largest absolute Gasteiger partial charge is 0.353 e. The van der Waals surface area contributed by atoms with Crippen molar-refractivity contribution in [1.29, 1.82) is 0 Å². The van der Waals surface area contributed by atoms with E-state index in [1.165, 1.54) is 0 Å². The van der Waals surface area contributed by atoms with E-state index in [1.807, 2.05) is 0 Å². The van der Waals surface area contributed by atoms with E-state index < -0.39 is 39.8 Å². The van der Waals surface area contributed by atoms with E-state index in [0.717, 1.165) is 4.90 Å². The van der Waals surface area contributed by atoms with Gasteiger partial charge in [0.05, 0.1) is 13.2 Å². The predicted octanol–water partition coefficient (Wildman–Crippen LogP) is -1.95. The van der Waals surface area contributed by atoms with Crippen molar-refractivity contribution in [2.45, 2.75) is 18.2 Å². The van der Waals surface area contributed by atoms with Gasteiger partial charge in [-0.15, -0.1) is 10.1 Å². The van der Waals surface area contributed by atoms with Crippen molar-refractivity contribution in [3.8, 4) is 0 Å². The van der Waals surface area contributed by atoms with Crippen LogP contribution in [-0.2, 0) is 43.9 Å². The van der Waals surface area contributed by atoms with E-state index in [0.29, 0.717) is 5.06 Å². The second kappa shape index (κ2) is 7.96. The maximum absolute atomic E-state index is 11.5. The molecule has 2 heterocycles. The van der Waals surface area contributed by atoms with Gasteiger partial charge in [0.1, 0.15) is 20.0 Å². The molecule has 3 amide bonds. The average Bonchev–Trinajstić information content (AvgIpc) is 3.26. The molecular weight excluding hydrogens is 352 g/mol. The minimum absolute atomic E-state index is 0.00176. The molecule has 2 rings (SSSR count). The minimum atomic E-state index is -4.25. The average molecular weight is 368 g/mol. The van der Waals surface area contributed by atoms with Crippen LogP contribution in [0.2, 0.25) is 0 Å². The maximum atomic E-state index is 11.5. The van der Waals surface area contributed by atoms with Crippen molar-refractivity contribution in [1.82, 2.24) is 9.96 Å². The SMILES string of the molecule is O=C1CCC(=O)N1OOCCOCOCC(=O)N1CC1S(=O)(=O)O. The summed E-state index contributed by atoms with van der Waals surface area (Å²) >= 11 is 0. The van der Waals surface area contributed by atoms with Crippen molar-refractivity contribution < 1.29 is 46.7 Å². The second-order valence-electron chi connectivity index (χ2n) is 4.87. The zero-order valence-electron chi connectivity index (χ0n) is 12.5. The van der Waals surface area contributed by atoms with E-state index in [2.05, 4.69) is 9.88 Å². The quantitative estimate of drug-likeness (QED) is 0.0876. The smallest absolute Gasteiger partial charge is 0.288 e. The van der Waals surface area contributed by atoms with Crippen LogP contribution >= 0.6 is 0 Å². The van der Waals surface area contributed by atoms with Gasteiger partial charge in [-0.2, -0.15) is 8.42 Å². The van der Waals surface area contributed by atoms with Crippen LogP contribution in [0.25, 0.3) is 0 Å². The Morgan fingerprint density at radius 2 is 1.83 bits per heavy atom. The Morgan fingerprint density at radius 1 is 1.17 bits per heavy atom. The predicted molar refractivity (Wildman–Crippen MR) is 71.9 cm³/mol. The number of hydrogen-bond acceptors (Lipinski definition) is 9. The molecule has 1 N–H and O–H groups in total. The lowest BCUT2D eigenvalue weighted by Gasteiger charge is -2.11. The van der Waals surface area contributed by atoms with E-state index >= 15 is 0 Å². The highest BCUT2D eigenvalue weighted by molar-refractivity contribution is 7.86. The molecule has 2 aliphatic heterocycles. The van der Waals surface area contributed by atoms with Gasteiger partial charge in [0.2, 0.25) is 5.91 Å². The molecule has 136 valence electrons. The monoisotopic (exact) mass is 368 g/mol. The first-order valence-corrected chi connectivity index (χ1v) is 8.37. The lowest BCUT2D eigenvalue weighted by atomic mass is 10.4. The van der Waals surface area contributed by atoms with Crippen molar-refractivity contribution in [3.05, 3.63) is 0 Å². The first kappa shape index (κ1) is 18.7. The number of rotatable bonds is 10. The molecule has 13 heteroatoms. The van der Waals surface area contributed by atoms with Crippen LogP contribution in [0, 0.1) is 0 Å². The number of hydroxylamine groups is 2. The van der Waals surface area contributed by atoms with Gasteiger partial charge >= 0.3 is 0 Å². The molecule has 0 bridgehead atoms. The number of imide groups is 1. The molecule has 0 aromatic rings. The Balaban J connectivity index is 1.45. The van der Waals surface area contributed by atoms with E-state index in [9.17, 15) is 22.8 Å². The summed E-state index contributed by atoms with van der Waals surface area (Å²) in [5.41, 5.74) is 0. The third-order valence-corrected chi connectivity index (χ3v) is 4.16. The zero-order valence-corrected chi connectivity index (χ0v) is 13.3. The molecule has 0 aliphatic carbocycles. The van der Waals surface area contributed by atoms with E-state index in [1.54, 1.807) is 0 Å². The number of nitrogens with zero attached hydrogens (tertiary/aromatic N) is 2. The molecule has 2 fully saturated rings. The van der Waals surface area contributed by atoms with Gasteiger partial charge in [0.15, 0.2) is 5.37 Å². The highest BCUT2D eigenvalue weighted by atomic mass is 32.2. The van der Waals surface area contributed by atoms with Crippen LogP contribution in [-0.4, -0.2) is 79.2 Å². The number of carbonyl (C=O) groups excluding carboxylic acids is 3. The fourth-order valence-corrected chi connectivity index (χ4v) is 2.58. The Morgan fingerprint density at radius 3 is 2.42 bits per heavy atom. The fraction of sp³-hybridized carbons (Fsp3) is 0.727. The molecule has 0 aromatic carbocycles. The summed E-state index contributed by atoms with van der Waals surface area (Å²) in [4.78, 5) is 43.9. The molecule has 1 atom stereocenters. The third kappa shape index (κ3) is 5.19. The Hall–Kier alpha value is -1.64. The fourth-order valence-electron chi connectivity index (χ4n) is 1.79. The molecule has 0 saturated carbocycles. The van der Waals surface area contributed by atoms with Crippen LogP contribution < -0.4 is 0 Å². The summed E-state index contributed by atoms with van der Waals surface area (Å²) in [7, 11) is -4.25. The molecule has 0 spiro atoms. The van der Waals surface area contributed by atoms with Gasteiger partial charge < -0.3 is 14.4 Å². The van der Waals surface area contributed by atoms with Crippen molar-refractivity contribution in [2.24, 2.45) is 0 Å². The van der Waals surface area contributed by atoms with Crippen LogP contribution in [0.5, 0.6) is 0 Å². The first-order valence-electron chi connectivity index (χ1n) is 6.87. The van der Waals surface area contributed by atoms with Gasteiger partial charge in [0, 0.05) is 12.8 Å². The van der Waals surface area contributed by atoms with Crippen LogP contribution in [0.3, 0.4) is 0 Å². The molecule has 12 nitrogen and oxygen atoms in total. The minimum Gasteiger partial charge on any atom is -0.353 e. The molecular formula is C11H16N2O10S. The third-order valence-electron chi connectivity index (χ3n) is 3.07. The van der Waals surface area contributed by atoms with Gasteiger partial charge in [-0.3, -0.25) is 18.9 Å². The summed E-state index contributed by atoms with van der Waals surface area (Å²) in [5.74, 6) is -1.56. The molecule has 0 aromatic heterocycles. The zero-order chi connectivity index (χ0) is 17.7. The molecule has 2 aliphatic rings. The number of ether oxygens (including phenoxy) is 2.